The van der Waals surface area contributed by atoms with Gasteiger partial charge in [-0.05, 0) is 33.6 Å². The maximum absolute atomic E-state index is 12.1. The molecule has 1 aliphatic rings. The van der Waals surface area contributed by atoms with Gasteiger partial charge in [0.2, 0.25) is 0 Å². The van der Waals surface area contributed by atoms with Crippen LogP contribution in [-0.2, 0) is 19.0 Å². The molecule has 0 saturated heterocycles. The first-order chi connectivity index (χ1) is 7.45. The van der Waals surface area contributed by atoms with Gasteiger partial charge in [0.05, 0.1) is 0 Å². The average molecular weight is 274 g/mol. The number of halogens is 3. The van der Waals surface area contributed by atoms with Crippen LogP contribution in [0.3, 0.4) is 0 Å². The molecule has 0 fully saturated rings. The summed E-state index contributed by atoms with van der Waals surface area (Å²) in [6.07, 6.45) is 1.01. The van der Waals surface area contributed by atoms with E-state index in [0.717, 1.165) is 0 Å². The van der Waals surface area contributed by atoms with Crippen molar-refractivity contribution in [2.45, 2.75) is 44.7 Å². The molecule has 0 amide bonds. The SMILES string of the molecule is CC1=C(OS(=O)(=O)C(F)(F)F)OC(C)(C)CC1. The van der Waals surface area contributed by atoms with E-state index in [1.165, 1.54) is 6.92 Å². The Bertz CT molecular complexity index is 434. The van der Waals surface area contributed by atoms with E-state index >= 15 is 0 Å². The highest BCUT2D eigenvalue weighted by Crippen LogP contribution is 2.35. The van der Waals surface area contributed by atoms with Gasteiger partial charge >= 0.3 is 15.6 Å². The summed E-state index contributed by atoms with van der Waals surface area (Å²) in [7, 11) is -5.66. The molecule has 0 N–H and O–H groups in total. The van der Waals surface area contributed by atoms with E-state index in [4.69, 9.17) is 4.74 Å². The van der Waals surface area contributed by atoms with Crippen molar-refractivity contribution in [3.63, 3.8) is 0 Å². The highest BCUT2D eigenvalue weighted by atomic mass is 32.2. The second-order valence-corrected chi connectivity index (χ2v) is 5.95. The van der Waals surface area contributed by atoms with E-state index in [1.807, 2.05) is 0 Å². The fourth-order valence-electron chi connectivity index (χ4n) is 1.21. The maximum Gasteiger partial charge on any atom is 0.534 e. The van der Waals surface area contributed by atoms with Crippen LogP contribution in [0.1, 0.15) is 33.6 Å². The van der Waals surface area contributed by atoms with Gasteiger partial charge in [-0.3, -0.25) is 0 Å². The Morgan fingerprint density at radius 3 is 2.35 bits per heavy atom. The van der Waals surface area contributed by atoms with Gasteiger partial charge in [-0.2, -0.15) is 21.6 Å². The zero-order valence-electron chi connectivity index (χ0n) is 9.59. The molecular formula is C9H13F3O4S. The minimum Gasteiger partial charge on any atom is -0.459 e. The largest absolute Gasteiger partial charge is 0.534 e. The molecule has 0 unspecified atom stereocenters. The molecule has 100 valence electrons. The Morgan fingerprint density at radius 2 is 1.88 bits per heavy atom. The van der Waals surface area contributed by atoms with Crippen molar-refractivity contribution in [1.29, 1.82) is 0 Å². The van der Waals surface area contributed by atoms with Crippen LogP contribution in [0.25, 0.3) is 0 Å². The van der Waals surface area contributed by atoms with Crippen molar-refractivity contribution in [3.05, 3.63) is 11.5 Å². The highest BCUT2D eigenvalue weighted by molar-refractivity contribution is 7.87. The summed E-state index contributed by atoms with van der Waals surface area (Å²) in [6.45, 7) is 4.75. The standard InChI is InChI=1S/C9H13F3O4S/c1-6-4-5-8(2,3)15-7(6)16-17(13,14)9(10,11)12/h4-5H2,1-3H3. The Kier molecular flexibility index (Phi) is 3.39. The molecule has 0 aromatic carbocycles. The molecule has 0 aromatic rings. The minimum atomic E-state index is -5.66. The smallest absolute Gasteiger partial charge is 0.459 e. The van der Waals surface area contributed by atoms with Crippen LogP contribution in [0.2, 0.25) is 0 Å². The Hall–Kier alpha value is -0.920. The highest BCUT2D eigenvalue weighted by Gasteiger charge is 2.50. The Balaban J connectivity index is 2.96. The third kappa shape index (κ3) is 3.27. The molecule has 8 heteroatoms. The molecule has 1 aliphatic heterocycles. The van der Waals surface area contributed by atoms with Crippen LogP contribution in [-0.4, -0.2) is 19.5 Å². The van der Waals surface area contributed by atoms with Gasteiger partial charge in [0.15, 0.2) is 0 Å². The van der Waals surface area contributed by atoms with Gasteiger partial charge < -0.3 is 8.92 Å². The fourth-order valence-corrected chi connectivity index (χ4v) is 1.68. The van der Waals surface area contributed by atoms with E-state index < -0.39 is 27.2 Å². The Labute approximate surface area is 97.5 Å². The predicted molar refractivity (Wildman–Crippen MR) is 53.2 cm³/mol. The predicted octanol–water partition coefficient (Wildman–Crippen LogP) is 2.67. The lowest BCUT2D eigenvalue weighted by atomic mass is 9.97. The molecule has 0 aliphatic carbocycles. The van der Waals surface area contributed by atoms with Gasteiger partial charge in [0.25, 0.3) is 5.95 Å². The summed E-state index contributed by atoms with van der Waals surface area (Å²) in [5, 5.41) is 0. The van der Waals surface area contributed by atoms with Gasteiger partial charge in [-0.15, -0.1) is 0 Å². The normalized spacial score (nSPS) is 21.1. The number of alkyl halides is 3. The van der Waals surface area contributed by atoms with E-state index in [0.29, 0.717) is 18.4 Å². The van der Waals surface area contributed by atoms with Crippen LogP contribution in [0, 0.1) is 0 Å². The molecule has 4 nitrogen and oxygen atoms in total. The zero-order valence-corrected chi connectivity index (χ0v) is 10.4. The van der Waals surface area contributed by atoms with Crippen LogP contribution in [0.4, 0.5) is 13.2 Å². The van der Waals surface area contributed by atoms with Crippen LogP contribution in [0.5, 0.6) is 0 Å². The number of hydrogen-bond donors (Lipinski definition) is 0. The van der Waals surface area contributed by atoms with Crippen molar-refractivity contribution < 1.29 is 30.5 Å². The molecule has 1 heterocycles. The van der Waals surface area contributed by atoms with Crippen LogP contribution >= 0.6 is 0 Å². The molecule has 0 bridgehead atoms. The first-order valence-electron chi connectivity index (χ1n) is 4.84. The molecule has 0 saturated carbocycles. The van der Waals surface area contributed by atoms with Gasteiger partial charge in [0, 0.05) is 5.57 Å². The first-order valence-corrected chi connectivity index (χ1v) is 6.25. The van der Waals surface area contributed by atoms with E-state index in [2.05, 4.69) is 4.18 Å². The monoisotopic (exact) mass is 274 g/mol. The second kappa shape index (κ2) is 4.08. The van der Waals surface area contributed by atoms with Crippen molar-refractivity contribution >= 4 is 10.1 Å². The number of rotatable bonds is 2. The summed E-state index contributed by atoms with van der Waals surface area (Å²) < 4.78 is 67.1. The number of ether oxygens (including phenoxy) is 1. The average Bonchev–Trinajstić information content (AvgIpc) is 2.08. The summed E-state index contributed by atoms with van der Waals surface area (Å²) in [5.74, 6) is -0.571. The summed E-state index contributed by atoms with van der Waals surface area (Å²) in [4.78, 5) is 0. The Morgan fingerprint density at radius 1 is 1.35 bits per heavy atom. The van der Waals surface area contributed by atoms with E-state index in [9.17, 15) is 21.6 Å². The third-order valence-electron chi connectivity index (χ3n) is 2.29. The lowest BCUT2D eigenvalue weighted by Gasteiger charge is -2.32. The number of hydrogen-bond acceptors (Lipinski definition) is 4. The van der Waals surface area contributed by atoms with E-state index in [1.54, 1.807) is 13.8 Å². The first kappa shape index (κ1) is 14.1. The summed E-state index contributed by atoms with van der Waals surface area (Å²) >= 11 is 0. The third-order valence-corrected chi connectivity index (χ3v) is 3.23. The van der Waals surface area contributed by atoms with Crippen molar-refractivity contribution in [1.82, 2.24) is 0 Å². The summed E-state index contributed by atoms with van der Waals surface area (Å²) in [6, 6.07) is 0. The van der Waals surface area contributed by atoms with E-state index in [-0.39, 0.29) is 0 Å². The van der Waals surface area contributed by atoms with Gasteiger partial charge in [-0.25, -0.2) is 0 Å². The lowest BCUT2D eigenvalue weighted by Crippen LogP contribution is -2.32. The quantitative estimate of drug-likeness (QED) is 0.574. The van der Waals surface area contributed by atoms with Crippen LogP contribution in [0.15, 0.2) is 11.5 Å². The molecule has 0 radical (unpaired) electrons. The molecule has 1 rings (SSSR count). The fraction of sp³-hybridized carbons (Fsp3) is 0.778. The molecular weight excluding hydrogens is 261 g/mol. The molecule has 17 heavy (non-hydrogen) atoms. The van der Waals surface area contributed by atoms with Crippen molar-refractivity contribution in [3.8, 4) is 0 Å². The summed E-state index contributed by atoms with van der Waals surface area (Å²) in [5.41, 5.74) is -5.85. The molecule has 0 aromatic heterocycles. The van der Waals surface area contributed by atoms with Gasteiger partial charge in [-0.1, -0.05) is 0 Å². The lowest BCUT2D eigenvalue weighted by molar-refractivity contribution is -0.0712. The van der Waals surface area contributed by atoms with Crippen molar-refractivity contribution in [2.24, 2.45) is 0 Å². The van der Waals surface area contributed by atoms with Gasteiger partial charge in [0.1, 0.15) is 5.60 Å². The second-order valence-electron chi connectivity index (χ2n) is 4.41. The topological polar surface area (TPSA) is 52.6 Å². The number of allylic oxidation sites excluding steroid dienone is 1. The molecule has 0 spiro atoms. The zero-order chi connectivity index (χ0) is 13.5. The molecule has 0 atom stereocenters. The maximum atomic E-state index is 12.1. The van der Waals surface area contributed by atoms with Crippen LogP contribution < -0.4 is 0 Å². The minimum absolute atomic E-state index is 0.345. The van der Waals surface area contributed by atoms with Crippen molar-refractivity contribution in [2.75, 3.05) is 0 Å².